The minimum atomic E-state index is -0.671. The standard InChI is InChI=1S/C14H16N2O/c17-14(5-8-15-9-6-14)12-3-4-13-11(10-12)2-1-7-16-13/h1-4,7,10,15,17H,5-6,8-9H2. The Balaban J connectivity index is 2.05. The number of nitrogens with zero attached hydrogens (tertiary/aromatic N) is 1. The van der Waals surface area contributed by atoms with Crippen LogP contribution in [0.5, 0.6) is 0 Å². The van der Waals surface area contributed by atoms with E-state index in [0.717, 1.165) is 42.4 Å². The molecule has 1 saturated heterocycles. The normalized spacial score (nSPS) is 19.4. The molecular weight excluding hydrogens is 212 g/mol. The monoisotopic (exact) mass is 228 g/mol. The van der Waals surface area contributed by atoms with Crippen LogP contribution in [0.1, 0.15) is 18.4 Å². The lowest BCUT2D eigenvalue weighted by molar-refractivity contribution is 0.00606. The van der Waals surface area contributed by atoms with Gasteiger partial charge in [-0.1, -0.05) is 12.1 Å². The zero-order valence-electron chi connectivity index (χ0n) is 9.69. The Bertz CT molecular complexity index is 532. The van der Waals surface area contributed by atoms with Crippen molar-refractivity contribution in [2.75, 3.05) is 13.1 Å². The summed E-state index contributed by atoms with van der Waals surface area (Å²) in [6.07, 6.45) is 3.35. The fourth-order valence-corrected chi connectivity index (χ4v) is 2.49. The van der Waals surface area contributed by atoms with Crippen molar-refractivity contribution in [2.24, 2.45) is 0 Å². The predicted octanol–water partition coefficient (Wildman–Crippen LogP) is 1.81. The fourth-order valence-electron chi connectivity index (χ4n) is 2.49. The van der Waals surface area contributed by atoms with Gasteiger partial charge in [0.15, 0.2) is 0 Å². The van der Waals surface area contributed by atoms with E-state index in [2.05, 4.69) is 16.4 Å². The predicted molar refractivity (Wildman–Crippen MR) is 67.7 cm³/mol. The summed E-state index contributed by atoms with van der Waals surface area (Å²) in [6, 6.07) is 10.0. The zero-order valence-corrected chi connectivity index (χ0v) is 9.69. The molecule has 0 bridgehead atoms. The van der Waals surface area contributed by atoms with Gasteiger partial charge in [0.05, 0.1) is 11.1 Å². The number of piperidine rings is 1. The molecule has 3 rings (SSSR count). The van der Waals surface area contributed by atoms with Gasteiger partial charge in [0, 0.05) is 11.6 Å². The van der Waals surface area contributed by atoms with Crippen molar-refractivity contribution < 1.29 is 5.11 Å². The molecule has 1 aromatic heterocycles. The minimum absolute atomic E-state index is 0.671. The topological polar surface area (TPSA) is 45.2 Å². The Morgan fingerprint density at radius 2 is 2.00 bits per heavy atom. The first kappa shape index (κ1) is 10.7. The van der Waals surface area contributed by atoms with E-state index < -0.39 is 5.60 Å². The number of fused-ring (bicyclic) bond motifs is 1. The number of pyridine rings is 1. The Morgan fingerprint density at radius 3 is 2.82 bits per heavy atom. The lowest BCUT2D eigenvalue weighted by atomic mass is 9.84. The first-order chi connectivity index (χ1) is 8.28. The van der Waals surface area contributed by atoms with E-state index in [1.807, 2.05) is 24.3 Å². The smallest absolute Gasteiger partial charge is 0.0921 e. The summed E-state index contributed by atoms with van der Waals surface area (Å²) in [4.78, 5) is 4.30. The highest BCUT2D eigenvalue weighted by atomic mass is 16.3. The van der Waals surface area contributed by atoms with Crippen molar-refractivity contribution in [1.29, 1.82) is 0 Å². The third-order valence-corrected chi connectivity index (χ3v) is 3.57. The minimum Gasteiger partial charge on any atom is -0.385 e. The summed E-state index contributed by atoms with van der Waals surface area (Å²) in [6.45, 7) is 1.75. The zero-order chi connectivity index (χ0) is 11.7. The molecule has 88 valence electrons. The number of aliphatic hydroxyl groups is 1. The average molecular weight is 228 g/mol. The van der Waals surface area contributed by atoms with Gasteiger partial charge in [-0.3, -0.25) is 4.98 Å². The summed E-state index contributed by atoms with van der Waals surface area (Å²) in [5, 5.41) is 15.0. The first-order valence-electron chi connectivity index (χ1n) is 6.06. The van der Waals surface area contributed by atoms with Gasteiger partial charge >= 0.3 is 0 Å². The van der Waals surface area contributed by atoms with Crippen LogP contribution in [-0.4, -0.2) is 23.2 Å². The highest BCUT2D eigenvalue weighted by Crippen LogP contribution is 2.31. The molecule has 0 unspecified atom stereocenters. The van der Waals surface area contributed by atoms with Gasteiger partial charge in [0.2, 0.25) is 0 Å². The second kappa shape index (κ2) is 4.09. The third kappa shape index (κ3) is 1.92. The molecule has 2 aromatic rings. The molecule has 1 fully saturated rings. The summed E-state index contributed by atoms with van der Waals surface area (Å²) in [5.74, 6) is 0. The van der Waals surface area contributed by atoms with Crippen molar-refractivity contribution in [1.82, 2.24) is 10.3 Å². The van der Waals surface area contributed by atoms with Crippen LogP contribution in [0.3, 0.4) is 0 Å². The molecule has 0 spiro atoms. The van der Waals surface area contributed by atoms with Crippen LogP contribution in [-0.2, 0) is 5.60 Å². The lowest BCUT2D eigenvalue weighted by Gasteiger charge is -2.33. The summed E-state index contributed by atoms with van der Waals surface area (Å²) < 4.78 is 0. The molecule has 0 amide bonds. The SMILES string of the molecule is OC1(c2ccc3ncccc3c2)CCNCC1. The maximum absolute atomic E-state index is 10.6. The van der Waals surface area contributed by atoms with Gasteiger partial charge in [0.25, 0.3) is 0 Å². The summed E-state index contributed by atoms with van der Waals surface area (Å²) in [5.41, 5.74) is 1.32. The third-order valence-electron chi connectivity index (χ3n) is 3.57. The van der Waals surface area contributed by atoms with Crippen LogP contribution in [0.2, 0.25) is 0 Å². The van der Waals surface area contributed by atoms with Crippen LogP contribution in [0, 0.1) is 0 Å². The van der Waals surface area contributed by atoms with Gasteiger partial charge in [-0.2, -0.15) is 0 Å². The summed E-state index contributed by atoms with van der Waals surface area (Å²) in [7, 11) is 0. The Labute approximate surface area is 100 Å². The highest BCUT2D eigenvalue weighted by molar-refractivity contribution is 5.79. The van der Waals surface area contributed by atoms with E-state index in [0.29, 0.717) is 0 Å². The first-order valence-corrected chi connectivity index (χ1v) is 6.06. The molecule has 2 heterocycles. The molecule has 0 radical (unpaired) electrons. The number of hydrogen-bond acceptors (Lipinski definition) is 3. The van der Waals surface area contributed by atoms with Crippen LogP contribution >= 0.6 is 0 Å². The molecule has 2 N–H and O–H groups in total. The number of hydrogen-bond donors (Lipinski definition) is 2. The largest absolute Gasteiger partial charge is 0.385 e. The van der Waals surface area contributed by atoms with E-state index in [1.54, 1.807) is 6.20 Å². The van der Waals surface area contributed by atoms with Crippen molar-refractivity contribution in [3.63, 3.8) is 0 Å². The van der Waals surface area contributed by atoms with E-state index in [9.17, 15) is 5.11 Å². The maximum Gasteiger partial charge on any atom is 0.0921 e. The second-order valence-corrected chi connectivity index (χ2v) is 4.69. The number of benzene rings is 1. The van der Waals surface area contributed by atoms with Crippen LogP contribution in [0.25, 0.3) is 10.9 Å². The van der Waals surface area contributed by atoms with Gasteiger partial charge in [-0.05, 0) is 49.7 Å². The van der Waals surface area contributed by atoms with Crippen LogP contribution < -0.4 is 5.32 Å². The lowest BCUT2D eigenvalue weighted by Crippen LogP contribution is -2.39. The number of aromatic nitrogens is 1. The molecule has 0 saturated carbocycles. The molecule has 3 heteroatoms. The molecule has 1 aliphatic rings. The highest BCUT2D eigenvalue weighted by Gasteiger charge is 2.30. The average Bonchev–Trinajstić information content (AvgIpc) is 2.39. The molecule has 0 atom stereocenters. The van der Waals surface area contributed by atoms with E-state index >= 15 is 0 Å². The Hall–Kier alpha value is -1.45. The van der Waals surface area contributed by atoms with Crippen LogP contribution in [0.4, 0.5) is 0 Å². The molecule has 1 aliphatic heterocycles. The molecule has 17 heavy (non-hydrogen) atoms. The molecular formula is C14H16N2O. The van der Waals surface area contributed by atoms with Crippen molar-refractivity contribution in [2.45, 2.75) is 18.4 Å². The Kier molecular flexibility index (Phi) is 2.57. The maximum atomic E-state index is 10.6. The number of nitrogens with one attached hydrogen (secondary N) is 1. The fraction of sp³-hybridized carbons (Fsp3) is 0.357. The van der Waals surface area contributed by atoms with Crippen LogP contribution in [0.15, 0.2) is 36.5 Å². The Morgan fingerprint density at radius 1 is 1.18 bits per heavy atom. The van der Waals surface area contributed by atoms with Crippen molar-refractivity contribution >= 4 is 10.9 Å². The number of rotatable bonds is 1. The molecule has 0 aliphatic carbocycles. The van der Waals surface area contributed by atoms with Gasteiger partial charge in [-0.25, -0.2) is 0 Å². The van der Waals surface area contributed by atoms with Gasteiger partial charge in [0.1, 0.15) is 0 Å². The quantitative estimate of drug-likeness (QED) is 0.782. The molecule has 3 nitrogen and oxygen atoms in total. The van der Waals surface area contributed by atoms with E-state index in [1.165, 1.54) is 0 Å². The van der Waals surface area contributed by atoms with Gasteiger partial charge in [-0.15, -0.1) is 0 Å². The van der Waals surface area contributed by atoms with E-state index in [4.69, 9.17) is 0 Å². The van der Waals surface area contributed by atoms with Crippen molar-refractivity contribution in [3.05, 3.63) is 42.1 Å². The van der Waals surface area contributed by atoms with Crippen molar-refractivity contribution in [3.8, 4) is 0 Å². The second-order valence-electron chi connectivity index (χ2n) is 4.69. The van der Waals surface area contributed by atoms with E-state index in [-0.39, 0.29) is 0 Å². The van der Waals surface area contributed by atoms with Gasteiger partial charge < -0.3 is 10.4 Å². The molecule has 1 aromatic carbocycles. The summed E-state index contributed by atoms with van der Waals surface area (Å²) >= 11 is 0.